The van der Waals surface area contributed by atoms with E-state index in [9.17, 15) is 4.79 Å². The maximum Gasteiger partial charge on any atom is 0.210 e. The van der Waals surface area contributed by atoms with E-state index in [-0.39, 0.29) is 11.0 Å². The highest BCUT2D eigenvalue weighted by Crippen LogP contribution is 2.29. The molecule has 0 aromatic carbocycles. The molecule has 1 aromatic heterocycles. The molecule has 1 fully saturated rings. The van der Waals surface area contributed by atoms with E-state index in [2.05, 4.69) is 0 Å². The number of thioether (sulfide) groups is 1. The molecule has 1 atom stereocenters. The first kappa shape index (κ1) is 8.88. The first-order valence-electron chi connectivity index (χ1n) is 4.49. The van der Waals surface area contributed by atoms with Crippen molar-refractivity contribution in [3.63, 3.8) is 0 Å². The SMILES string of the molecule is Cc1ccc(C(=O)[C@H]2CCCS2)o1. The van der Waals surface area contributed by atoms with Crippen LogP contribution in [-0.2, 0) is 0 Å². The number of carbonyl (C=O) groups excluding carboxylic acids is 1. The zero-order valence-corrected chi connectivity index (χ0v) is 8.39. The quantitative estimate of drug-likeness (QED) is 0.681. The van der Waals surface area contributed by atoms with E-state index in [0.717, 1.165) is 24.4 Å². The molecule has 1 aliphatic heterocycles. The lowest BCUT2D eigenvalue weighted by Gasteiger charge is -2.03. The number of hydrogen-bond donors (Lipinski definition) is 0. The lowest BCUT2D eigenvalue weighted by atomic mass is 10.1. The van der Waals surface area contributed by atoms with E-state index >= 15 is 0 Å². The molecule has 3 heteroatoms. The van der Waals surface area contributed by atoms with E-state index in [4.69, 9.17) is 4.42 Å². The molecule has 0 amide bonds. The van der Waals surface area contributed by atoms with Crippen LogP contribution in [0.4, 0.5) is 0 Å². The highest BCUT2D eigenvalue weighted by molar-refractivity contribution is 8.00. The van der Waals surface area contributed by atoms with Crippen molar-refractivity contribution in [1.82, 2.24) is 0 Å². The summed E-state index contributed by atoms with van der Waals surface area (Å²) in [6.07, 6.45) is 2.16. The van der Waals surface area contributed by atoms with Crippen molar-refractivity contribution in [2.75, 3.05) is 5.75 Å². The molecular weight excluding hydrogens is 184 g/mol. The molecule has 1 saturated heterocycles. The van der Waals surface area contributed by atoms with Gasteiger partial charge in [0.15, 0.2) is 5.76 Å². The Morgan fingerprint density at radius 2 is 2.46 bits per heavy atom. The number of rotatable bonds is 2. The lowest BCUT2D eigenvalue weighted by Crippen LogP contribution is -2.12. The predicted octanol–water partition coefficient (Wildman–Crippen LogP) is 2.67. The summed E-state index contributed by atoms with van der Waals surface area (Å²) in [5.41, 5.74) is 0. The second-order valence-corrected chi connectivity index (χ2v) is 4.59. The second kappa shape index (κ2) is 3.58. The fourth-order valence-corrected chi connectivity index (χ4v) is 2.73. The Bertz CT molecular complexity index is 310. The van der Waals surface area contributed by atoms with Crippen molar-refractivity contribution < 1.29 is 9.21 Å². The number of carbonyl (C=O) groups is 1. The van der Waals surface area contributed by atoms with Gasteiger partial charge >= 0.3 is 0 Å². The van der Waals surface area contributed by atoms with Crippen LogP contribution in [0.15, 0.2) is 16.5 Å². The van der Waals surface area contributed by atoms with Gasteiger partial charge in [0, 0.05) is 0 Å². The summed E-state index contributed by atoms with van der Waals surface area (Å²) >= 11 is 1.75. The third-order valence-electron chi connectivity index (χ3n) is 2.21. The van der Waals surface area contributed by atoms with E-state index in [0.29, 0.717) is 5.76 Å². The summed E-state index contributed by atoms with van der Waals surface area (Å²) in [6, 6.07) is 3.61. The van der Waals surface area contributed by atoms with Crippen molar-refractivity contribution in [3.8, 4) is 0 Å². The monoisotopic (exact) mass is 196 g/mol. The summed E-state index contributed by atoms with van der Waals surface area (Å²) in [7, 11) is 0. The van der Waals surface area contributed by atoms with E-state index < -0.39 is 0 Å². The number of hydrogen-bond acceptors (Lipinski definition) is 3. The maximum absolute atomic E-state index is 11.7. The van der Waals surface area contributed by atoms with Gasteiger partial charge in [0.05, 0.1) is 5.25 Å². The third kappa shape index (κ3) is 1.80. The first-order valence-corrected chi connectivity index (χ1v) is 5.54. The highest BCUT2D eigenvalue weighted by Gasteiger charge is 2.26. The number of ketones is 1. The minimum atomic E-state index is 0.144. The third-order valence-corrected chi connectivity index (χ3v) is 3.58. The van der Waals surface area contributed by atoms with Gasteiger partial charge in [-0.05, 0) is 37.7 Å². The summed E-state index contributed by atoms with van der Waals surface area (Å²) in [5, 5.41) is 0.144. The normalized spacial score (nSPS) is 22.1. The molecule has 0 bridgehead atoms. The Balaban J connectivity index is 2.12. The van der Waals surface area contributed by atoms with Crippen molar-refractivity contribution >= 4 is 17.5 Å². The maximum atomic E-state index is 11.7. The summed E-state index contributed by atoms with van der Waals surface area (Å²) in [5.74, 6) is 2.61. The van der Waals surface area contributed by atoms with Crippen molar-refractivity contribution in [1.29, 1.82) is 0 Å². The average Bonchev–Trinajstić information content (AvgIpc) is 2.72. The van der Waals surface area contributed by atoms with Gasteiger partial charge in [-0.2, -0.15) is 11.8 Å². The van der Waals surface area contributed by atoms with Gasteiger partial charge in [-0.1, -0.05) is 0 Å². The fourth-order valence-electron chi connectivity index (χ4n) is 1.51. The number of Topliss-reactive ketones (excluding diaryl/α,β-unsaturated/α-hetero) is 1. The fraction of sp³-hybridized carbons (Fsp3) is 0.500. The molecule has 70 valence electrons. The number of aryl methyl sites for hydroxylation is 1. The van der Waals surface area contributed by atoms with Crippen LogP contribution in [0.3, 0.4) is 0 Å². The summed E-state index contributed by atoms with van der Waals surface area (Å²) < 4.78 is 5.29. The predicted molar refractivity (Wildman–Crippen MR) is 53.3 cm³/mol. The molecule has 0 saturated carbocycles. The Kier molecular flexibility index (Phi) is 2.44. The minimum absolute atomic E-state index is 0.144. The molecule has 0 aliphatic carbocycles. The molecule has 0 N–H and O–H groups in total. The molecule has 1 aromatic rings. The van der Waals surface area contributed by atoms with Gasteiger partial charge in [0.25, 0.3) is 0 Å². The van der Waals surface area contributed by atoms with E-state index in [1.165, 1.54) is 0 Å². The van der Waals surface area contributed by atoms with E-state index in [1.807, 2.05) is 13.0 Å². The molecule has 0 unspecified atom stereocenters. The molecule has 0 spiro atoms. The highest BCUT2D eigenvalue weighted by atomic mass is 32.2. The first-order chi connectivity index (χ1) is 6.27. The second-order valence-electron chi connectivity index (χ2n) is 3.28. The van der Waals surface area contributed by atoms with Gasteiger partial charge in [-0.15, -0.1) is 0 Å². The largest absolute Gasteiger partial charge is 0.458 e. The van der Waals surface area contributed by atoms with Crippen molar-refractivity contribution in [2.24, 2.45) is 0 Å². The van der Waals surface area contributed by atoms with Crippen LogP contribution in [-0.4, -0.2) is 16.8 Å². The van der Waals surface area contributed by atoms with Gasteiger partial charge < -0.3 is 4.42 Å². The Morgan fingerprint density at radius 1 is 1.62 bits per heavy atom. The standard InChI is InChI=1S/C10H12O2S/c1-7-4-5-8(12-7)10(11)9-3-2-6-13-9/h4-5,9H,2-3,6H2,1H3/t9-/m1/s1. The molecule has 0 radical (unpaired) electrons. The van der Waals surface area contributed by atoms with Gasteiger partial charge in [-0.3, -0.25) is 4.79 Å². The zero-order valence-electron chi connectivity index (χ0n) is 7.58. The number of furan rings is 1. The van der Waals surface area contributed by atoms with Crippen LogP contribution in [0.1, 0.15) is 29.2 Å². The van der Waals surface area contributed by atoms with E-state index in [1.54, 1.807) is 17.8 Å². The summed E-state index contributed by atoms with van der Waals surface area (Å²) in [6.45, 7) is 1.86. The molecule has 2 rings (SSSR count). The summed E-state index contributed by atoms with van der Waals surface area (Å²) in [4.78, 5) is 11.7. The van der Waals surface area contributed by atoms with Crippen LogP contribution in [0.5, 0.6) is 0 Å². The molecule has 2 nitrogen and oxygen atoms in total. The Morgan fingerprint density at radius 3 is 3.00 bits per heavy atom. The van der Waals surface area contributed by atoms with Crippen molar-refractivity contribution in [3.05, 3.63) is 23.7 Å². The van der Waals surface area contributed by atoms with Gasteiger partial charge in [0.1, 0.15) is 5.76 Å². The van der Waals surface area contributed by atoms with Gasteiger partial charge in [0.2, 0.25) is 5.78 Å². The average molecular weight is 196 g/mol. The minimum Gasteiger partial charge on any atom is -0.458 e. The smallest absolute Gasteiger partial charge is 0.210 e. The molecule has 1 aliphatic rings. The molecule has 13 heavy (non-hydrogen) atoms. The van der Waals surface area contributed by atoms with Crippen LogP contribution in [0.25, 0.3) is 0 Å². The van der Waals surface area contributed by atoms with Crippen molar-refractivity contribution in [2.45, 2.75) is 25.0 Å². The Hall–Kier alpha value is -0.700. The van der Waals surface area contributed by atoms with Gasteiger partial charge in [-0.25, -0.2) is 0 Å². The molecular formula is C10H12O2S. The topological polar surface area (TPSA) is 30.2 Å². The lowest BCUT2D eigenvalue weighted by molar-refractivity contribution is 0.0960. The van der Waals surface area contributed by atoms with Crippen LogP contribution >= 0.6 is 11.8 Å². The van der Waals surface area contributed by atoms with Crippen LogP contribution in [0, 0.1) is 6.92 Å². The molecule has 2 heterocycles. The van der Waals surface area contributed by atoms with Crippen LogP contribution in [0.2, 0.25) is 0 Å². The zero-order chi connectivity index (χ0) is 9.26. The Labute approximate surface area is 81.7 Å². The van der Waals surface area contributed by atoms with Crippen LogP contribution < -0.4 is 0 Å².